The maximum Gasteiger partial charge on any atom is 0.432 e. The molecule has 0 fully saturated rings. The van der Waals surface area contributed by atoms with Crippen molar-refractivity contribution in [3.8, 4) is 0 Å². The summed E-state index contributed by atoms with van der Waals surface area (Å²) < 4.78 is 0.921. The van der Waals surface area contributed by atoms with Gasteiger partial charge in [-0.1, -0.05) is 0 Å². The molecule has 1 aromatic rings. The molecule has 1 aromatic heterocycles. The van der Waals surface area contributed by atoms with E-state index in [0.29, 0.717) is 24.6 Å². The van der Waals surface area contributed by atoms with Crippen LogP contribution in [0.15, 0.2) is 0 Å². The Bertz CT molecular complexity index is 344. The van der Waals surface area contributed by atoms with Gasteiger partial charge in [0.25, 0.3) is 0 Å². The van der Waals surface area contributed by atoms with Gasteiger partial charge in [0, 0.05) is 18.7 Å². The highest BCUT2D eigenvalue weighted by Gasteiger charge is 2.23. The number of hydrogen-bond acceptors (Lipinski definition) is 4. The Kier molecular flexibility index (Phi) is 1.31. The standard InChI is InChI=1S/C6H8N4O2/c7-5-3-1-8-2-4(3)10(9-5)6(11)12/h8H,1-2H2,(H2,7,9)(H,11,12). The quantitative estimate of drug-likeness (QED) is 0.490. The first kappa shape index (κ1) is 7.11. The number of nitrogens with zero attached hydrogens (tertiary/aromatic N) is 2. The van der Waals surface area contributed by atoms with Crippen LogP contribution in [0.3, 0.4) is 0 Å². The van der Waals surface area contributed by atoms with Crippen molar-refractivity contribution in [2.75, 3.05) is 5.73 Å². The van der Waals surface area contributed by atoms with Gasteiger partial charge in [-0.3, -0.25) is 0 Å². The van der Waals surface area contributed by atoms with Crippen molar-refractivity contribution in [1.82, 2.24) is 15.1 Å². The highest BCUT2D eigenvalue weighted by Crippen LogP contribution is 2.20. The number of carboxylic acid groups (broad SMARTS) is 1. The number of rotatable bonds is 0. The molecule has 0 atom stereocenters. The van der Waals surface area contributed by atoms with Crippen LogP contribution >= 0.6 is 0 Å². The minimum absolute atomic E-state index is 0.303. The van der Waals surface area contributed by atoms with Gasteiger partial charge in [0.15, 0.2) is 5.82 Å². The largest absolute Gasteiger partial charge is 0.463 e. The van der Waals surface area contributed by atoms with Crippen molar-refractivity contribution in [1.29, 1.82) is 0 Å². The molecule has 0 bridgehead atoms. The van der Waals surface area contributed by atoms with E-state index >= 15 is 0 Å². The molecule has 0 radical (unpaired) electrons. The number of anilines is 1. The normalized spacial score (nSPS) is 14.7. The number of carbonyl (C=O) groups is 1. The van der Waals surface area contributed by atoms with Crippen molar-refractivity contribution in [2.45, 2.75) is 13.1 Å². The molecule has 64 valence electrons. The van der Waals surface area contributed by atoms with Crippen LogP contribution in [-0.4, -0.2) is 21.0 Å². The maximum atomic E-state index is 10.6. The van der Waals surface area contributed by atoms with Crippen molar-refractivity contribution >= 4 is 11.9 Å². The van der Waals surface area contributed by atoms with Gasteiger partial charge in [-0.15, -0.1) is 5.10 Å². The lowest BCUT2D eigenvalue weighted by molar-refractivity contribution is 0.192. The minimum atomic E-state index is -1.09. The van der Waals surface area contributed by atoms with Gasteiger partial charge in [-0.2, -0.15) is 4.68 Å². The number of nitrogen functional groups attached to an aromatic ring is 1. The van der Waals surface area contributed by atoms with E-state index in [1.54, 1.807) is 0 Å². The summed E-state index contributed by atoms with van der Waals surface area (Å²) in [6, 6.07) is 0. The highest BCUT2D eigenvalue weighted by atomic mass is 16.4. The van der Waals surface area contributed by atoms with Gasteiger partial charge in [0.05, 0.1) is 5.69 Å². The second-order valence-corrected chi connectivity index (χ2v) is 2.61. The first-order chi connectivity index (χ1) is 5.70. The van der Waals surface area contributed by atoms with E-state index in [2.05, 4.69) is 10.4 Å². The third kappa shape index (κ3) is 0.782. The highest BCUT2D eigenvalue weighted by molar-refractivity contribution is 5.70. The lowest BCUT2D eigenvalue weighted by atomic mass is 10.3. The van der Waals surface area contributed by atoms with Gasteiger partial charge < -0.3 is 16.2 Å². The molecule has 4 N–H and O–H groups in total. The summed E-state index contributed by atoms with van der Waals surface area (Å²) in [5, 5.41) is 15.4. The fourth-order valence-corrected chi connectivity index (χ4v) is 1.34. The SMILES string of the molecule is Nc1nn(C(=O)O)c2c1CNC2. The average Bonchev–Trinajstić information content (AvgIpc) is 2.53. The van der Waals surface area contributed by atoms with E-state index in [1.165, 1.54) is 0 Å². The van der Waals surface area contributed by atoms with Gasteiger partial charge in [-0.25, -0.2) is 4.79 Å². The number of nitrogens with one attached hydrogen (secondary N) is 1. The van der Waals surface area contributed by atoms with Crippen molar-refractivity contribution in [3.05, 3.63) is 11.3 Å². The third-order valence-electron chi connectivity index (χ3n) is 1.90. The van der Waals surface area contributed by atoms with Crippen molar-refractivity contribution < 1.29 is 9.90 Å². The molecule has 2 heterocycles. The second kappa shape index (κ2) is 2.21. The zero-order valence-corrected chi connectivity index (χ0v) is 6.24. The zero-order chi connectivity index (χ0) is 8.72. The molecule has 2 rings (SSSR count). The number of nitrogens with two attached hydrogens (primary N) is 1. The first-order valence-electron chi connectivity index (χ1n) is 3.50. The molecule has 0 saturated heterocycles. The second-order valence-electron chi connectivity index (χ2n) is 2.61. The minimum Gasteiger partial charge on any atom is -0.463 e. The van der Waals surface area contributed by atoms with Gasteiger partial charge >= 0.3 is 6.09 Å². The summed E-state index contributed by atoms with van der Waals surface area (Å²) in [4.78, 5) is 10.6. The van der Waals surface area contributed by atoms with Crippen LogP contribution in [0.2, 0.25) is 0 Å². The fourth-order valence-electron chi connectivity index (χ4n) is 1.34. The topological polar surface area (TPSA) is 93.2 Å². The summed E-state index contributed by atoms with van der Waals surface area (Å²) in [5.41, 5.74) is 6.95. The van der Waals surface area contributed by atoms with Crippen LogP contribution in [0.25, 0.3) is 0 Å². The van der Waals surface area contributed by atoms with Gasteiger partial charge in [0.2, 0.25) is 0 Å². The number of fused-ring (bicyclic) bond motifs is 1. The van der Waals surface area contributed by atoms with E-state index in [4.69, 9.17) is 10.8 Å². The number of aromatic nitrogens is 2. The summed E-state index contributed by atoms with van der Waals surface area (Å²) in [6.45, 7) is 1.13. The zero-order valence-electron chi connectivity index (χ0n) is 6.24. The van der Waals surface area contributed by atoms with Gasteiger partial charge in [0.1, 0.15) is 0 Å². The average molecular weight is 168 g/mol. The van der Waals surface area contributed by atoms with Gasteiger partial charge in [-0.05, 0) is 0 Å². The Balaban J connectivity index is 2.58. The molecule has 0 saturated carbocycles. The molecule has 1 aliphatic rings. The van der Waals surface area contributed by atoms with Crippen LogP contribution in [0.1, 0.15) is 11.3 Å². The molecule has 12 heavy (non-hydrogen) atoms. The molecule has 0 amide bonds. The molecule has 0 aromatic carbocycles. The molecular formula is C6H8N4O2. The summed E-state index contributed by atoms with van der Waals surface area (Å²) in [5.74, 6) is 0.303. The Morgan fingerprint density at radius 3 is 3.08 bits per heavy atom. The Morgan fingerprint density at radius 1 is 1.67 bits per heavy atom. The Morgan fingerprint density at radius 2 is 2.42 bits per heavy atom. The van der Waals surface area contributed by atoms with E-state index < -0.39 is 6.09 Å². The molecule has 6 nitrogen and oxygen atoms in total. The Hall–Kier alpha value is -1.56. The lowest BCUT2D eigenvalue weighted by Crippen LogP contribution is -2.15. The van der Waals surface area contributed by atoms with Crippen LogP contribution in [-0.2, 0) is 13.1 Å². The Labute approximate surface area is 68.0 Å². The fraction of sp³-hybridized carbons (Fsp3) is 0.333. The van der Waals surface area contributed by atoms with Crippen LogP contribution in [0.4, 0.5) is 10.6 Å². The molecule has 6 heteroatoms. The number of hydrogen-bond donors (Lipinski definition) is 3. The van der Waals surface area contributed by atoms with Crippen LogP contribution < -0.4 is 11.1 Å². The molecule has 0 aliphatic carbocycles. The smallest absolute Gasteiger partial charge is 0.432 e. The predicted octanol–water partition coefficient (Wildman–Crippen LogP) is -0.405. The van der Waals surface area contributed by atoms with E-state index in [-0.39, 0.29) is 0 Å². The van der Waals surface area contributed by atoms with Crippen LogP contribution in [0, 0.1) is 0 Å². The van der Waals surface area contributed by atoms with Crippen molar-refractivity contribution in [3.63, 3.8) is 0 Å². The molecule has 0 unspecified atom stereocenters. The summed E-state index contributed by atoms with van der Waals surface area (Å²) in [6.07, 6.45) is -1.09. The summed E-state index contributed by atoms with van der Waals surface area (Å²) in [7, 11) is 0. The summed E-state index contributed by atoms with van der Waals surface area (Å²) >= 11 is 0. The van der Waals surface area contributed by atoms with Crippen molar-refractivity contribution in [2.24, 2.45) is 0 Å². The monoisotopic (exact) mass is 168 g/mol. The molecular weight excluding hydrogens is 160 g/mol. The van der Waals surface area contributed by atoms with E-state index in [9.17, 15) is 4.79 Å². The maximum absolute atomic E-state index is 10.6. The van der Waals surface area contributed by atoms with Crippen LogP contribution in [0.5, 0.6) is 0 Å². The van der Waals surface area contributed by atoms with E-state index in [0.717, 1.165) is 10.2 Å². The molecule has 0 spiro atoms. The van der Waals surface area contributed by atoms with E-state index in [1.807, 2.05) is 0 Å². The first-order valence-corrected chi connectivity index (χ1v) is 3.50. The lowest BCUT2D eigenvalue weighted by Gasteiger charge is -1.95. The predicted molar refractivity (Wildman–Crippen MR) is 40.6 cm³/mol. The third-order valence-corrected chi connectivity index (χ3v) is 1.90. The molecule has 1 aliphatic heterocycles.